The lowest BCUT2D eigenvalue weighted by Gasteiger charge is -2.43. The van der Waals surface area contributed by atoms with Crippen molar-refractivity contribution < 1.29 is 19.0 Å². The molecule has 4 rings (SSSR count). The fraction of sp³-hybridized carbons (Fsp3) is 0.350. The monoisotopic (exact) mass is 373 g/mol. The van der Waals surface area contributed by atoms with Crippen LogP contribution in [0.5, 0.6) is 11.5 Å². The highest BCUT2D eigenvalue weighted by Crippen LogP contribution is 2.45. The van der Waals surface area contributed by atoms with Gasteiger partial charge in [0, 0.05) is 18.0 Å². The molecule has 0 aromatic heterocycles. The van der Waals surface area contributed by atoms with Gasteiger partial charge in [0.1, 0.15) is 6.10 Å². The Morgan fingerprint density at radius 2 is 1.81 bits per heavy atom. The van der Waals surface area contributed by atoms with Crippen molar-refractivity contribution in [3.8, 4) is 11.5 Å². The topological polar surface area (TPSA) is 48.0 Å². The van der Waals surface area contributed by atoms with Gasteiger partial charge in [0.2, 0.25) is 0 Å². The summed E-state index contributed by atoms with van der Waals surface area (Å²) in [5.41, 5.74) is 3.24. The molecule has 0 aliphatic carbocycles. The van der Waals surface area contributed by atoms with Crippen LogP contribution in [0.15, 0.2) is 36.4 Å². The lowest BCUT2D eigenvalue weighted by molar-refractivity contribution is -0.00654. The highest BCUT2D eigenvalue weighted by molar-refractivity contribution is 6.30. The molecule has 0 bridgehead atoms. The Morgan fingerprint density at radius 1 is 1.12 bits per heavy atom. The summed E-state index contributed by atoms with van der Waals surface area (Å²) in [6.07, 6.45) is 0.893. The van der Waals surface area contributed by atoms with Gasteiger partial charge in [-0.15, -0.1) is 0 Å². The average molecular weight is 374 g/mol. The number of halogens is 1. The molecule has 0 saturated carbocycles. The van der Waals surface area contributed by atoms with E-state index >= 15 is 0 Å². The fourth-order valence-electron chi connectivity index (χ4n) is 3.82. The largest absolute Gasteiger partial charge is 0.493 e. The van der Waals surface area contributed by atoms with Crippen LogP contribution in [0, 0.1) is 0 Å². The molecule has 0 spiro atoms. The molecule has 1 amide bonds. The Morgan fingerprint density at radius 3 is 2.50 bits per heavy atom. The van der Waals surface area contributed by atoms with Crippen LogP contribution >= 0.6 is 11.6 Å². The van der Waals surface area contributed by atoms with E-state index in [9.17, 15) is 4.79 Å². The first-order valence-corrected chi connectivity index (χ1v) is 8.96. The van der Waals surface area contributed by atoms with Crippen LogP contribution < -0.4 is 9.47 Å². The van der Waals surface area contributed by atoms with Gasteiger partial charge in [0.25, 0.3) is 0 Å². The predicted molar refractivity (Wildman–Crippen MR) is 98.0 cm³/mol. The van der Waals surface area contributed by atoms with Gasteiger partial charge in [0.05, 0.1) is 20.3 Å². The van der Waals surface area contributed by atoms with Crippen LogP contribution in [-0.2, 0) is 11.2 Å². The number of benzene rings is 2. The molecular formula is C20H20ClNO4. The van der Waals surface area contributed by atoms with E-state index < -0.39 is 0 Å². The van der Waals surface area contributed by atoms with Crippen LogP contribution in [-0.4, -0.2) is 31.8 Å². The smallest absolute Gasteiger partial charge is 0.410 e. The van der Waals surface area contributed by atoms with Crippen molar-refractivity contribution in [1.29, 1.82) is 0 Å². The minimum absolute atomic E-state index is 0.0412. The molecule has 2 aromatic carbocycles. The third kappa shape index (κ3) is 2.86. The molecule has 2 atom stereocenters. The van der Waals surface area contributed by atoms with Gasteiger partial charge in [-0.2, -0.15) is 0 Å². The van der Waals surface area contributed by atoms with Crippen molar-refractivity contribution in [3.63, 3.8) is 0 Å². The standard InChI is InChI=1S/C20H20ClNO4/c1-24-18-9-13-7-8-22-16(15(13)10-19(18)25-2)11-17(26-20(22)23)12-3-5-14(21)6-4-12/h3-6,9-10,16-17H,7-8,11H2,1-2H3/t16-,17+/m1/s1. The van der Waals surface area contributed by atoms with Gasteiger partial charge < -0.3 is 19.1 Å². The van der Waals surface area contributed by atoms with Crippen LogP contribution in [0.25, 0.3) is 0 Å². The number of carbonyl (C=O) groups is 1. The van der Waals surface area contributed by atoms with Gasteiger partial charge >= 0.3 is 6.09 Å². The SMILES string of the molecule is COc1cc2c(cc1OC)[C@H]1C[C@@H](c3ccc(Cl)cc3)OC(=O)N1CC2. The molecule has 1 fully saturated rings. The summed E-state index contributed by atoms with van der Waals surface area (Å²) in [5, 5.41) is 0.664. The van der Waals surface area contributed by atoms with Gasteiger partial charge in [-0.3, -0.25) is 0 Å². The van der Waals surface area contributed by atoms with Crippen LogP contribution in [0.1, 0.15) is 35.3 Å². The summed E-state index contributed by atoms with van der Waals surface area (Å²) in [7, 11) is 3.25. The number of cyclic esters (lactones) is 1. The van der Waals surface area contributed by atoms with Crippen molar-refractivity contribution >= 4 is 17.7 Å². The number of amides is 1. The van der Waals surface area contributed by atoms with E-state index in [-0.39, 0.29) is 18.2 Å². The number of hydrogen-bond acceptors (Lipinski definition) is 4. The molecule has 2 heterocycles. The summed E-state index contributed by atoms with van der Waals surface area (Å²) in [6.45, 7) is 0.638. The maximum atomic E-state index is 12.6. The van der Waals surface area contributed by atoms with Gasteiger partial charge in [-0.05, 0) is 47.4 Å². The second-order valence-electron chi connectivity index (χ2n) is 6.52. The second kappa shape index (κ2) is 6.72. The Balaban J connectivity index is 1.71. The van der Waals surface area contributed by atoms with E-state index in [1.54, 1.807) is 19.1 Å². The third-order valence-electron chi connectivity index (χ3n) is 5.16. The molecule has 2 aliphatic heterocycles. The Labute approximate surface area is 157 Å². The van der Waals surface area contributed by atoms with Gasteiger partial charge in [-0.25, -0.2) is 4.79 Å². The van der Waals surface area contributed by atoms with Crippen LogP contribution in [0.3, 0.4) is 0 Å². The fourth-order valence-corrected chi connectivity index (χ4v) is 3.95. The number of carbonyl (C=O) groups excluding carboxylic acids is 1. The number of hydrogen-bond donors (Lipinski definition) is 0. The maximum Gasteiger partial charge on any atom is 0.410 e. The Bertz CT molecular complexity index is 836. The molecule has 2 aliphatic rings. The van der Waals surface area contributed by atoms with E-state index in [0.717, 1.165) is 17.5 Å². The number of nitrogens with zero attached hydrogens (tertiary/aromatic N) is 1. The lowest BCUT2D eigenvalue weighted by atomic mass is 9.86. The number of methoxy groups -OCH3 is 2. The van der Waals surface area contributed by atoms with Crippen molar-refractivity contribution in [2.45, 2.75) is 25.0 Å². The Kier molecular flexibility index (Phi) is 4.41. The summed E-state index contributed by atoms with van der Waals surface area (Å²) >= 11 is 5.98. The van der Waals surface area contributed by atoms with Crippen molar-refractivity contribution in [3.05, 3.63) is 58.1 Å². The highest BCUT2D eigenvalue weighted by atomic mass is 35.5. The molecular weight excluding hydrogens is 354 g/mol. The first-order valence-electron chi connectivity index (χ1n) is 8.58. The zero-order valence-corrected chi connectivity index (χ0v) is 15.5. The van der Waals surface area contributed by atoms with E-state index in [1.165, 1.54) is 5.56 Å². The Hall–Kier alpha value is -2.40. The minimum Gasteiger partial charge on any atom is -0.493 e. The quantitative estimate of drug-likeness (QED) is 0.792. The van der Waals surface area contributed by atoms with E-state index in [4.69, 9.17) is 25.8 Å². The second-order valence-corrected chi connectivity index (χ2v) is 6.96. The zero-order valence-electron chi connectivity index (χ0n) is 14.7. The molecule has 5 nitrogen and oxygen atoms in total. The van der Waals surface area contributed by atoms with Crippen molar-refractivity contribution in [2.24, 2.45) is 0 Å². The van der Waals surface area contributed by atoms with Crippen molar-refractivity contribution in [1.82, 2.24) is 4.90 Å². The highest BCUT2D eigenvalue weighted by Gasteiger charge is 2.40. The number of fused-ring (bicyclic) bond motifs is 3. The van der Waals surface area contributed by atoms with Crippen LogP contribution in [0.4, 0.5) is 4.79 Å². The summed E-state index contributed by atoms with van der Waals surface area (Å²) < 4.78 is 16.6. The first-order chi connectivity index (χ1) is 12.6. The lowest BCUT2D eigenvalue weighted by Crippen LogP contribution is -2.45. The molecule has 136 valence electrons. The van der Waals surface area contributed by atoms with Gasteiger partial charge in [-0.1, -0.05) is 23.7 Å². The minimum atomic E-state index is -0.292. The van der Waals surface area contributed by atoms with Crippen LogP contribution in [0.2, 0.25) is 5.02 Å². The number of rotatable bonds is 3. The third-order valence-corrected chi connectivity index (χ3v) is 5.41. The maximum absolute atomic E-state index is 12.6. The van der Waals surface area contributed by atoms with E-state index in [0.29, 0.717) is 29.5 Å². The molecule has 0 N–H and O–H groups in total. The number of ether oxygens (including phenoxy) is 3. The summed E-state index contributed by atoms with van der Waals surface area (Å²) in [5.74, 6) is 1.39. The van der Waals surface area contributed by atoms with Gasteiger partial charge in [0.15, 0.2) is 11.5 Å². The average Bonchev–Trinajstić information content (AvgIpc) is 2.67. The van der Waals surface area contributed by atoms with Crippen molar-refractivity contribution in [2.75, 3.05) is 20.8 Å². The molecule has 2 aromatic rings. The molecule has 1 saturated heterocycles. The van der Waals surface area contributed by atoms with E-state index in [1.807, 2.05) is 36.4 Å². The predicted octanol–water partition coefficient (Wildman–Crippen LogP) is 4.54. The molecule has 26 heavy (non-hydrogen) atoms. The summed E-state index contributed by atoms with van der Waals surface area (Å²) in [6, 6.07) is 11.4. The molecule has 0 radical (unpaired) electrons. The zero-order chi connectivity index (χ0) is 18.3. The summed E-state index contributed by atoms with van der Waals surface area (Å²) in [4.78, 5) is 14.4. The van der Waals surface area contributed by atoms with E-state index in [2.05, 4.69) is 0 Å². The first kappa shape index (κ1) is 17.0. The molecule has 0 unspecified atom stereocenters. The normalized spacial score (nSPS) is 21.5. The molecule has 6 heteroatoms.